The standard InChI is InChI=1S/C22H38O9/c1-11-9-31-15(10-30-13(3)23)6-14(24)7-16(25)19(27)18-12(2)17(26)8-22(29,20(11)28)21(18,4)5/h11,14-17,19-20,24-29H,6-10H2,1-5H3/t11-,14-,15+,16?,17-,19-,20-,22+/m0/s1. The Balaban J connectivity index is 2.48. The smallest absolute Gasteiger partial charge is 0.302 e. The highest BCUT2D eigenvalue weighted by atomic mass is 16.6. The predicted octanol–water partition coefficient (Wildman–Crippen LogP) is -0.353. The number of hydrogen-bond donors (Lipinski definition) is 6. The van der Waals surface area contributed by atoms with E-state index in [0.717, 1.165) is 0 Å². The summed E-state index contributed by atoms with van der Waals surface area (Å²) in [7, 11) is 0. The van der Waals surface area contributed by atoms with E-state index in [-0.39, 0.29) is 38.0 Å². The van der Waals surface area contributed by atoms with Gasteiger partial charge in [0.15, 0.2) is 0 Å². The van der Waals surface area contributed by atoms with Crippen LogP contribution in [0.4, 0.5) is 0 Å². The van der Waals surface area contributed by atoms with Crippen LogP contribution >= 0.6 is 0 Å². The molecular formula is C22H38O9. The van der Waals surface area contributed by atoms with Gasteiger partial charge >= 0.3 is 5.97 Å². The van der Waals surface area contributed by atoms with Gasteiger partial charge in [-0.1, -0.05) is 20.8 Å². The summed E-state index contributed by atoms with van der Waals surface area (Å²) in [5.41, 5.74) is -2.34. The van der Waals surface area contributed by atoms with Crippen LogP contribution < -0.4 is 0 Å². The molecule has 2 bridgehead atoms. The highest BCUT2D eigenvalue weighted by Gasteiger charge is 2.58. The summed E-state index contributed by atoms with van der Waals surface area (Å²) < 4.78 is 10.8. The van der Waals surface area contributed by atoms with Gasteiger partial charge in [-0.05, 0) is 18.1 Å². The summed E-state index contributed by atoms with van der Waals surface area (Å²) in [5.74, 6) is -1.10. The summed E-state index contributed by atoms with van der Waals surface area (Å²) >= 11 is 0. The van der Waals surface area contributed by atoms with Crippen LogP contribution in [0.25, 0.3) is 0 Å². The lowest BCUT2D eigenvalue weighted by Crippen LogP contribution is -2.63. The number of aliphatic hydroxyl groups excluding tert-OH is 5. The second kappa shape index (κ2) is 9.82. The van der Waals surface area contributed by atoms with E-state index >= 15 is 0 Å². The number of esters is 1. The molecule has 0 spiro atoms. The summed E-state index contributed by atoms with van der Waals surface area (Å²) in [4.78, 5) is 11.2. The Bertz CT molecular complexity index is 676. The fourth-order valence-corrected chi connectivity index (χ4v) is 4.95. The third kappa shape index (κ3) is 5.30. The molecule has 9 nitrogen and oxygen atoms in total. The normalized spacial score (nSPS) is 42.2. The van der Waals surface area contributed by atoms with Gasteiger partial charge in [0.05, 0.1) is 37.1 Å². The molecule has 180 valence electrons. The van der Waals surface area contributed by atoms with Crippen LogP contribution in [0.5, 0.6) is 0 Å². The summed E-state index contributed by atoms with van der Waals surface area (Å²) in [6.07, 6.45) is -7.39. The number of carbonyl (C=O) groups is 1. The van der Waals surface area contributed by atoms with E-state index in [1.54, 1.807) is 27.7 Å². The molecule has 0 aromatic carbocycles. The largest absolute Gasteiger partial charge is 0.463 e. The Hall–Kier alpha value is -1.07. The van der Waals surface area contributed by atoms with Crippen molar-refractivity contribution in [3.8, 4) is 0 Å². The average molecular weight is 447 g/mol. The van der Waals surface area contributed by atoms with E-state index in [1.807, 2.05) is 0 Å². The summed E-state index contributed by atoms with van der Waals surface area (Å²) in [5, 5.41) is 65.4. The lowest BCUT2D eigenvalue weighted by molar-refractivity contribution is -0.187. The zero-order valence-corrected chi connectivity index (χ0v) is 19.0. The molecule has 9 heteroatoms. The van der Waals surface area contributed by atoms with E-state index < -0.39 is 59.5 Å². The first kappa shape index (κ1) is 26.2. The van der Waals surface area contributed by atoms with Crippen LogP contribution in [0.1, 0.15) is 53.9 Å². The minimum absolute atomic E-state index is 0.00254. The second-order valence-electron chi connectivity index (χ2n) is 9.68. The summed E-state index contributed by atoms with van der Waals surface area (Å²) in [6, 6.07) is 0. The van der Waals surface area contributed by atoms with E-state index in [0.29, 0.717) is 5.57 Å². The molecule has 1 fully saturated rings. The minimum atomic E-state index is -1.82. The van der Waals surface area contributed by atoms with Gasteiger partial charge in [0.25, 0.3) is 0 Å². The molecule has 0 aromatic rings. The van der Waals surface area contributed by atoms with Crippen molar-refractivity contribution in [3.63, 3.8) is 0 Å². The van der Waals surface area contributed by atoms with Gasteiger partial charge in [-0.25, -0.2) is 0 Å². The molecule has 1 unspecified atom stereocenters. The van der Waals surface area contributed by atoms with Crippen molar-refractivity contribution in [1.29, 1.82) is 0 Å². The van der Waals surface area contributed by atoms with Crippen molar-refractivity contribution in [2.45, 2.75) is 96.1 Å². The van der Waals surface area contributed by atoms with E-state index in [1.165, 1.54) is 6.92 Å². The van der Waals surface area contributed by atoms with Crippen molar-refractivity contribution in [1.82, 2.24) is 0 Å². The SMILES string of the molecule is CC(=O)OC[C@H]1C[C@H](O)CC(O)[C@H](O)C2=C(C)[C@@H](O)C[C@@](O)([C@@H](O)[C@@H](C)CO1)C2(C)C. The second-order valence-corrected chi connectivity index (χ2v) is 9.68. The Morgan fingerprint density at radius 1 is 1.16 bits per heavy atom. The third-order valence-electron chi connectivity index (χ3n) is 6.99. The van der Waals surface area contributed by atoms with Crippen molar-refractivity contribution < 1.29 is 44.9 Å². The first-order valence-electron chi connectivity index (χ1n) is 10.8. The Morgan fingerprint density at radius 3 is 2.35 bits per heavy atom. The number of hydrogen-bond acceptors (Lipinski definition) is 9. The molecule has 1 aliphatic carbocycles. The minimum Gasteiger partial charge on any atom is -0.463 e. The number of carbonyl (C=O) groups excluding carboxylic acids is 1. The maximum atomic E-state index is 11.6. The highest BCUT2D eigenvalue weighted by molar-refractivity contribution is 5.65. The van der Waals surface area contributed by atoms with E-state index in [4.69, 9.17) is 9.47 Å². The van der Waals surface area contributed by atoms with E-state index in [9.17, 15) is 35.4 Å². The first-order valence-corrected chi connectivity index (χ1v) is 10.8. The number of aliphatic hydroxyl groups is 6. The van der Waals surface area contributed by atoms with Crippen LogP contribution in [0.3, 0.4) is 0 Å². The molecule has 2 rings (SSSR count). The molecule has 0 amide bonds. The van der Waals surface area contributed by atoms with Gasteiger partial charge in [-0.3, -0.25) is 4.79 Å². The number of fused-ring (bicyclic) bond motifs is 2. The van der Waals surface area contributed by atoms with Crippen molar-refractivity contribution in [2.75, 3.05) is 13.2 Å². The maximum Gasteiger partial charge on any atom is 0.302 e. The molecule has 31 heavy (non-hydrogen) atoms. The Kier molecular flexibility index (Phi) is 8.30. The van der Waals surface area contributed by atoms with Crippen LogP contribution in [0.2, 0.25) is 0 Å². The van der Waals surface area contributed by atoms with Crippen molar-refractivity contribution in [2.24, 2.45) is 11.3 Å². The molecule has 0 saturated carbocycles. The molecule has 8 atom stereocenters. The third-order valence-corrected chi connectivity index (χ3v) is 6.99. The first-order chi connectivity index (χ1) is 14.2. The lowest BCUT2D eigenvalue weighted by atomic mass is 9.56. The lowest BCUT2D eigenvalue weighted by Gasteiger charge is -2.54. The van der Waals surface area contributed by atoms with Gasteiger partial charge in [0, 0.05) is 37.5 Å². The van der Waals surface area contributed by atoms with Gasteiger partial charge in [-0.2, -0.15) is 0 Å². The molecular weight excluding hydrogens is 408 g/mol. The molecule has 1 saturated heterocycles. The Morgan fingerprint density at radius 2 is 1.77 bits per heavy atom. The fraction of sp³-hybridized carbons (Fsp3) is 0.864. The van der Waals surface area contributed by atoms with Gasteiger partial charge in [0.1, 0.15) is 18.3 Å². The van der Waals surface area contributed by atoms with Gasteiger partial charge < -0.3 is 40.1 Å². The number of rotatable bonds is 2. The fourth-order valence-electron chi connectivity index (χ4n) is 4.95. The van der Waals surface area contributed by atoms with Crippen LogP contribution in [0, 0.1) is 11.3 Å². The quantitative estimate of drug-likeness (QED) is 0.246. The highest BCUT2D eigenvalue weighted by Crippen LogP contribution is 2.52. The molecule has 2 aliphatic rings. The van der Waals surface area contributed by atoms with Crippen LogP contribution in [-0.4, -0.2) is 92.0 Å². The predicted molar refractivity (Wildman–Crippen MR) is 111 cm³/mol. The van der Waals surface area contributed by atoms with Crippen LogP contribution in [0.15, 0.2) is 11.1 Å². The molecule has 6 N–H and O–H groups in total. The van der Waals surface area contributed by atoms with E-state index in [2.05, 4.69) is 0 Å². The Labute approximate surface area is 183 Å². The number of ether oxygens (including phenoxy) is 2. The average Bonchev–Trinajstić information content (AvgIpc) is 2.66. The van der Waals surface area contributed by atoms with Crippen molar-refractivity contribution >= 4 is 5.97 Å². The van der Waals surface area contributed by atoms with Crippen molar-refractivity contribution in [3.05, 3.63) is 11.1 Å². The van der Waals surface area contributed by atoms with Crippen LogP contribution in [-0.2, 0) is 14.3 Å². The molecule has 0 aromatic heterocycles. The molecule has 1 aliphatic heterocycles. The topological polar surface area (TPSA) is 157 Å². The monoisotopic (exact) mass is 446 g/mol. The maximum absolute atomic E-state index is 11.6. The van der Waals surface area contributed by atoms with Gasteiger partial charge in [0.2, 0.25) is 0 Å². The van der Waals surface area contributed by atoms with Gasteiger partial charge in [-0.15, -0.1) is 0 Å². The molecule has 0 radical (unpaired) electrons. The summed E-state index contributed by atoms with van der Waals surface area (Å²) in [6.45, 7) is 7.75. The zero-order chi connectivity index (χ0) is 23.7. The zero-order valence-electron chi connectivity index (χ0n) is 19.0. The molecule has 1 heterocycles.